The van der Waals surface area contributed by atoms with E-state index in [0.717, 1.165) is 42.1 Å². The zero-order valence-electron chi connectivity index (χ0n) is 15.6. The van der Waals surface area contributed by atoms with Crippen molar-refractivity contribution in [3.8, 4) is 10.7 Å². The van der Waals surface area contributed by atoms with E-state index < -0.39 is 0 Å². The highest BCUT2D eigenvalue weighted by molar-refractivity contribution is 7.71. The number of H-pyrrole nitrogens is 1. The van der Waals surface area contributed by atoms with Gasteiger partial charge in [-0.3, -0.25) is 14.5 Å². The third kappa shape index (κ3) is 3.65. The highest BCUT2D eigenvalue weighted by Gasteiger charge is 2.26. The number of amides is 1. The molecule has 0 atom stereocenters. The Hall–Kier alpha value is -2.36. The molecule has 1 aliphatic heterocycles. The lowest BCUT2D eigenvalue weighted by Gasteiger charge is -2.31. The first kappa shape index (κ1) is 18.7. The van der Waals surface area contributed by atoms with E-state index in [1.807, 2.05) is 28.5 Å². The maximum atomic E-state index is 12.9. The molecule has 3 aromatic heterocycles. The second kappa shape index (κ2) is 7.81. The number of likely N-dealkylation sites (tertiary alicyclic amines) is 1. The second-order valence-electron chi connectivity index (χ2n) is 7.09. The molecular formula is C20H19N5OS3. The van der Waals surface area contributed by atoms with Crippen LogP contribution in [0, 0.1) is 4.77 Å². The highest BCUT2D eigenvalue weighted by atomic mass is 32.1. The average Bonchev–Trinajstić information content (AvgIpc) is 3.48. The number of aromatic nitrogens is 4. The quantitative estimate of drug-likeness (QED) is 0.467. The van der Waals surface area contributed by atoms with Gasteiger partial charge >= 0.3 is 0 Å². The van der Waals surface area contributed by atoms with Crippen LogP contribution in [0.25, 0.3) is 20.9 Å². The van der Waals surface area contributed by atoms with E-state index >= 15 is 0 Å². The standard InChI is InChI=1S/C20H19N5OS3/c26-17(12-25-18(22-23-20(25)27)16-6-3-11-28-16)24-9-7-13(8-10-24)19-21-14-4-1-2-5-15(14)29-19/h1-6,11,13H,7-10,12H2,(H,23,27). The predicted molar refractivity (Wildman–Crippen MR) is 119 cm³/mol. The first-order valence-electron chi connectivity index (χ1n) is 9.51. The summed E-state index contributed by atoms with van der Waals surface area (Å²) in [5.41, 5.74) is 1.07. The summed E-state index contributed by atoms with van der Waals surface area (Å²) in [6.07, 6.45) is 1.89. The van der Waals surface area contributed by atoms with Crippen LogP contribution >= 0.6 is 34.9 Å². The number of nitrogens with one attached hydrogen (secondary N) is 1. The molecule has 1 aromatic carbocycles. The number of thiophene rings is 1. The topological polar surface area (TPSA) is 66.8 Å². The minimum Gasteiger partial charge on any atom is -0.341 e. The van der Waals surface area contributed by atoms with Crippen LogP contribution in [0.1, 0.15) is 23.8 Å². The molecule has 9 heteroatoms. The summed E-state index contributed by atoms with van der Waals surface area (Å²) in [6.45, 7) is 1.71. The van der Waals surface area contributed by atoms with Gasteiger partial charge in [0.1, 0.15) is 6.54 Å². The van der Waals surface area contributed by atoms with Crippen molar-refractivity contribution in [1.82, 2.24) is 24.6 Å². The Morgan fingerprint density at radius 3 is 2.79 bits per heavy atom. The zero-order chi connectivity index (χ0) is 19.8. The summed E-state index contributed by atoms with van der Waals surface area (Å²) in [5.74, 6) is 1.24. The van der Waals surface area contributed by atoms with E-state index in [9.17, 15) is 4.79 Å². The summed E-state index contributed by atoms with van der Waals surface area (Å²) in [6, 6.07) is 12.2. The predicted octanol–water partition coefficient (Wildman–Crippen LogP) is 4.69. The van der Waals surface area contributed by atoms with E-state index in [-0.39, 0.29) is 12.5 Å². The lowest BCUT2D eigenvalue weighted by Crippen LogP contribution is -2.39. The van der Waals surface area contributed by atoms with Gasteiger partial charge in [-0.15, -0.1) is 22.7 Å². The van der Waals surface area contributed by atoms with E-state index in [1.54, 1.807) is 27.2 Å². The molecule has 0 aliphatic carbocycles. The molecule has 1 fully saturated rings. The van der Waals surface area contributed by atoms with Crippen molar-refractivity contribution in [2.75, 3.05) is 13.1 Å². The molecule has 29 heavy (non-hydrogen) atoms. The number of aromatic amines is 1. The molecule has 4 heterocycles. The minimum atomic E-state index is 0.0862. The van der Waals surface area contributed by atoms with Crippen LogP contribution in [0.15, 0.2) is 41.8 Å². The van der Waals surface area contributed by atoms with Crippen molar-refractivity contribution >= 4 is 51.0 Å². The Balaban J connectivity index is 1.26. The van der Waals surface area contributed by atoms with E-state index in [1.165, 1.54) is 9.71 Å². The van der Waals surface area contributed by atoms with Crippen LogP contribution in [0.4, 0.5) is 0 Å². The van der Waals surface area contributed by atoms with Gasteiger partial charge in [-0.1, -0.05) is 18.2 Å². The van der Waals surface area contributed by atoms with Crippen LogP contribution in [-0.4, -0.2) is 43.6 Å². The summed E-state index contributed by atoms with van der Waals surface area (Å²) in [7, 11) is 0. The van der Waals surface area contributed by atoms with Crippen LogP contribution in [0.3, 0.4) is 0 Å². The van der Waals surface area contributed by atoms with E-state index in [0.29, 0.717) is 10.7 Å². The molecular weight excluding hydrogens is 422 g/mol. The van der Waals surface area contributed by atoms with E-state index in [2.05, 4.69) is 28.4 Å². The number of carbonyl (C=O) groups excluding carboxylic acids is 1. The third-order valence-corrected chi connectivity index (χ3v) is 7.68. The molecule has 1 amide bonds. The smallest absolute Gasteiger partial charge is 0.242 e. The monoisotopic (exact) mass is 441 g/mol. The van der Waals surface area contributed by atoms with Gasteiger partial charge in [0.25, 0.3) is 0 Å². The van der Waals surface area contributed by atoms with Crippen LogP contribution in [0.2, 0.25) is 0 Å². The Morgan fingerprint density at radius 1 is 1.21 bits per heavy atom. The fourth-order valence-corrected chi connectivity index (χ4v) is 5.79. The molecule has 4 aromatic rings. The van der Waals surface area contributed by atoms with Gasteiger partial charge in [-0.25, -0.2) is 4.98 Å². The second-order valence-corrected chi connectivity index (χ2v) is 9.49. The zero-order valence-corrected chi connectivity index (χ0v) is 18.0. The molecule has 0 bridgehead atoms. The number of rotatable bonds is 4. The first-order valence-corrected chi connectivity index (χ1v) is 11.6. The maximum absolute atomic E-state index is 12.9. The van der Waals surface area contributed by atoms with Crippen molar-refractivity contribution < 1.29 is 4.79 Å². The molecule has 1 saturated heterocycles. The summed E-state index contributed by atoms with van der Waals surface area (Å²) in [5, 5.41) is 10.3. The number of nitrogens with zero attached hydrogens (tertiary/aromatic N) is 4. The lowest BCUT2D eigenvalue weighted by atomic mass is 9.97. The summed E-state index contributed by atoms with van der Waals surface area (Å²) >= 11 is 8.71. The molecule has 0 radical (unpaired) electrons. The maximum Gasteiger partial charge on any atom is 0.242 e. The largest absolute Gasteiger partial charge is 0.341 e. The lowest BCUT2D eigenvalue weighted by molar-refractivity contribution is -0.132. The van der Waals surface area contributed by atoms with Gasteiger partial charge < -0.3 is 4.90 Å². The molecule has 6 nitrogen and oxygen atoms in total. The number of para-hydroxylation sites is 1. The van der Waals surface area contributed by atoms with E-state index in [4.69, 9.17) is 17.2 Å². The number of carbonyl (C=O) groups is 1. The Bertz CT molecular complexity index is 1170. The minimum absolute atomic E-state index is 0.0862. The van der Waals surface area contributed by atoms with Gasteiger partial charge in [0.15, 0.2) is 10.6 Å². The SMILES string of the molecule is O=C(Cn1c(-c2cccs2)n[nH]c1=S)N1CCC(c2nc3ccccc3s2)CC1. The molecule has 1 aliphatic rings. The number of fused-ring (bicyclic) bond motifs is 1. The van der Waals surface area contributed by atoms with Crippen LogP contribution in [0.5, 0.6) is 0 Å². The van der Waals surface area contributed by atoms with Crippen molar-refractivity contribution in [2.24, 2.45) is 0 Å². The van der Waals surface area contributed by atoms with Crippen molar-refractivity contribution in [2.45, 2.75) is 25.3 Å². The Morgan fingerprint density at radius 2 is 2.03 bits per heavy atom. The number of hydrogen-bond acceptors (Lipinski definition) is 6. The third-order valence-electron chi connectivity index (χ3n) is 5.30. The van der Waals surface area contributed by atoms with Crippen molar-refractivity contribution in [3.05, 3.63) is 51.6 Å². The fourth-order valence-electron chi connectivity index (χ4n) is 3.73. The molecule has 0 spiro atoms. The normalized spacial score (nSPS) is 15.2. The fraction of sp³-hybridized carbons (Fsp3) is 0.300. The van der Waals surface area contributed by atoms with Gasteiger partial charge in [0.2, 0.25) is 5.91 Å². The van der Waals surface area contributed by atoms with Gasteiger partial charge in [0.05, 0.1) is 20.1 Å². The Kier molecular flexibility index (Phi) is 5.03. The highest BCUT2D eigenvalue weighted by Crippen LogP contribution is 2.34. The van der Waals surface area contributed by atoms with Crippen molar-refractivity contribution in [3.63, 3.8) is 0 Å². The molecule has 0 saturated carbocycles. The Labute approximate surface area is 180 Å². The number of hydrogen-bond donors (Lipinski definition) is 1. The van der Waals surface area contributed by atoms with Gasteiger partial charge in [0, 0.05) is 19.0 Å². The summed E-state index contributed by atoms with van der Waals surface area (Å²) in [4.78, 5) is 20.7. The molecule has 5 rings (SSSR count). The number of benzene rings is 1. The van der Waals surface area contributed by atoms with Crippen molar-refractivity contribution in [1.29, 1.82) is 0 Å². The summed E-state index contributed by atoms with van der Waals surface area (Å²) < 4.78 is 3.51. The first-order chi connectivity index (χ1) is 14.2. The average molecular weight is 442 g/mol. The van der Waals surface area contributed by atoms with Crippen LogP contribution < -0.4 is 0 Å². The number of thiazole rings is 1. The van der Waals surface area contributed by atoms with Gasteiger partial charge in [-0.05, 0) is 48.6 Å². The number of piperidine rings is 1. The van der Waals surface area contributed by atoms with Crippen LogP contribution in [-0.2, 0) is 11.3 Å². The molecule has 148 valence electrons. The molecule has 1 N–H and O–H groups in total. The molecule has 0 unspecified atom stereocenters. The van der Waals surface area contributed by atoms with Gasteiger partial charge in [-0.2, -0.15) is 5.10 Å².